The van der Waals surface area contributed by atoms with Gasteiger partial charge in [0.1, 0.15) is 11.4 Å². The molecule has 0 aliphatic carbocycles. The first-order valence-corrected chi connectivity index (χ1v) is 9.82. The van der Waals surface area contributed by atoms with Crippen LogP contribution in [-0.4, -0.2) is 10.9 Å². The van der Waals surface area contributed by atoms with E-state index in [1.165, 1.54) is 11.0 Å². The number of pyridine rings is 1. The number of halogens is 1. The van der Waals surface area contributed by atoms with Crippen molar-refractivity contribution in [2.24, 2.45) is 0 Å². The zero-order valence-corrected chi connectivity index (χ0v) is 17.2. The van der Waals surface area contributed by atoms with E-state index < -0.39 is 5.91 Å². The highest BCUT2D eigenvalue weighted by atomic mass is 79.9. The molecule has 0 saturated heterocycles. The average molecular weight is 449 g/mol. The van der Waals surface area contributed by atoms with E-state index in [1.54, 1.807) is 36.5 Å². The highest BCUT2D eigenvalue weighted by molar-refractivity contribution is 9.10. The lowest BCUT2D eigenvalue weighted by molar-refractivity contribution is 0.0958. The van der Waals surface area contributed by atoms with Crippen LogP contribution < -0.4 is 10.3 Å². The molecule has 0 atom stereocenters. The molecule has 0 unspecified atom stereocenters. The monoisotopic (exact) mass is 448 g/mol. The van der Waals surface area contributed by atoms with E-state index in [1.807, 2.05) is 37.3 Å². The van der Waals surface area contributed by atoms with Gasteiger partial charge in [-0.05, 0) is 42.8 Å². The number of benzene rings is 2. The molecular formula is C23H17BrN2O3. The van der Waals surface area contributed by atoms with E-state index in [0.717, 1.165) is 15.6 Å². The molecule has 1 amide bonds. The van der Waals surface area contributed by atoms with Crippen molar-refractivity contribution in [2.75, 3.05) is 4.90 Å². The lowest BCUT2D eigenvalue weighted by Gasteiger charge is -2.21. The summed E-state index contributed by atoms with van der Waals surface area (Å²) in [4.78, 5) is 31.7. The van der Waals surface area contributed by atoms with E-state index in [-0.39, 0.29) is 11.2 Å². The van der Waals surface area contributed by atoms with Crippen molar-refractivity contribution >= 4 is 38.6 Å². The maximum Gasteiger partial charge on any atom is 0.295 e. The Morgan fingerprint density at radius 2 is 1.86 bits per heavy atom. The van der Waals surface area contributed by atoms with Crippen LogP contribution in [-0.2, 0) is 6.54 Å². The van der Waals surface area contributed by atoms with Gasteiger partial charge < -0.3 is 4.42 Å². The number of nitrogens with zero attached hydrogens (tertiary/aromatic N) is 2. The molecule has 144 valence electrons. The van der Waals surface area contributed by atoms with E-state index in [4.69, 9.17) is 4.42 Å². The van der Waals surface area contributed by atoms with Gasteiger partial charge in [0.15, 0.2) is 11.2 Å². The van der Waals surface area contributed by atoms with E-state index in [0.29, 0.717) is 23.3 Å². The minimum Gasteiger partial charge on any atom is -0.451 e. The SMILES string of the molecule is Cc1ccc(CN(C(=O)c2cc(=O)c3cc(Br)ccc3o2)c2ccccn2)cc1. The molecular weight excluding hydrogens is 432 g/mol. The molecule has 6 heteroatoms. The lowest BCUT2D eigenvalue weighted by Crippen LogP contribution is -2.31. The maximum absolute atomic E-state index is 13.3. The number of amides is 1. The van der Waals surface area contributed by atoms with Crippen molar-refractivity contribution in [1.82, 2.24) is 4.98 Å². The minimum absolute atomic E-state index is 0.0254. The summed E-state index contributed by atoms with van der Waals surface area (Å²) in [5.74, 6) is 0.0328. The Hall–Kier alpha value is -3.25. The topological polar surface area (TPSA) is 63.4 Å². The summed E-state index contributed by atoms with van der Waals surface area (Å²) < 4.78 is 6.55. The number of fused-ring (bicyclic) bond motifs is 1. The van der Waals surface area contributed by atoms with Gasteiger partial charge in [0.2, 0.25) is 0 Å². The third kappa shape index (κ3) is 4.12. The summed E-state index contributed by atoms with van der Waals surface area (Å²) in [5, 5.41) is 0.416. The van der Waals surface area contributed by atoms with Crippen molar-refractivity contribution in [2.45, 2.75) is 13.5 Å². The summed E-state index contributed by atoms with van der Waals surface area (Å²) in [6, 6.07) is 19.6. The number of aryl methyl sites for hydroxylation is 1. The highest BCUT2D eigenvalue weighted by Gasteiger charge is 2.22. The van der Waals surface area contributed by atoms with Gasteiger partial charge in [-0.15, -0.1) is 0 Å². The quantitative estimate of drug-likeness (QED) is 0.435. The number of rotatable bonds is 4. The Morgan fingerprint density at radius 1 is 1.07 bits per heavy atom. The van der Waals surface area contributed by atoms with Crippen LogP contribution in [0.3, 0.4) is 0 Å². The van der Waals surface area contributed by atoms with Crippen LogP contribution in [0.5, 0.6) is 0 Å². The van der Waals surface area contributed by atoms with Crippen molar-refractivity contribution < 1.29 is 9.21 Å². The summed E-state index contributed by atoms with van der Waals surface area (Å²) in [6.07, 6.45) is 1.62. The van der Waals surface area contributed by atoms with Crippen molar-refractivity contribution in [3.05, 3.63) is 105 Å². The number of aromatic nitrogens is 1. The number of hydrogen-bond acceptors (Lipinski definition) is 4. The normalized spacial score (nSPS) is 10.8. The van der Waals surface area contributed by atoms with Crippen LogP contribution in [0.4, 0.5) is 5.82 Å². The number of anilines is 1. The van der Waals surface area contributed by atoms with Gasteiger partial charge in [0.05, 0.1) is 11.9 Å². The van der Waals surface area contributed by atoms with Gasteiger partial charge in [-0.2, -0.15) is 0 Å². The Balaban J connectivity index is 1.77. The maximum atomic E-state index is 13.3. The molecule has 2 aromatic carbocycles. The zero-order chi connectivity index (χ0) is 20.4. The third-order valence-corrected chi connectivity index (χ3v) is 5.03. The van der Waals surface area contributed by atoms with Crippen LogP contribution in [0, 0.1) is 6.92 Å². The second kappa shape index (κ2) is 8.01. The van der Waals surface area contributed by atoms with Crippen LogP contribution in [0.2, 0.25) is 0 Å². The number of carbonyl (C=O) groups is 1. The molecule has 5 nitrogen and oxygen atoms in total. The van der Waals surface area contributed by atoms with Crippen LogP contribution in [0.15, 0.2) is 86.6 Å². The van der Waals surface area contributed by atoms with Gasteiger partial charge >= 0.3 is 0 Å². The molecule has 0 aliphatic rings. The lowest BCUT2D eigenvalue weighted by atomic mass is 10.1. The number of carbonyl (C=O) groups excluding carboxylic acids is 1. The van der Waals surface area contributed by atoms with Crippen molar-refractivity contribution in [3.8, 4) is 0 Å². The predicted octanol–water partition coefficient (Wildman–Crippen LogP) is 5.11. The Morgan fingerprint density at radius 3 is 2.59 bits per heavy atom. The van der Waals surface area contributed by atoms with Crippen molar-refractivity contribution in [1.29, 1.82) is 0 Å². The molecule has 0 radical (unpaired) electrons. The molecule has 0 aliphatic heterocycles. The average Bonchev–Trinajstić information content (AvgIpc) is 2.74. The predicted molar refractivity (Wildman–Crippen MR) is 116 cm³/mol. The second-order valence-electron chi connectivity index (χ2n) is 6.68. The molecule has 2 aromatic heterocycles. The summed E-state index contributed by atoms with van der Waals surface area (Å²) in [6.45, 7) is 2.31. The standard InChI is InChI=1S/C23H17BrN2O3/c1-15-5-7-16(8-6-15)14-26(22-4-2-3-11-25-22)23(28)21-13-19(27)18-12-17(24)9-10-20(18)29-21/h2-13H,14H2,1H3. The minimum atomic E-state index is -0.425. The highest BCUT2D eigenvalue weighted by Crippen LogP contribution is 2.21. The largest absolute Gasteiger partial charge is 0.451 e. The molecule has 0 spiro atoms. The van der Waals surface area contributed by atoms with Crippen LogP contribution in [0.1, 0.15) is 21.7 Å². The van der Waals surface area contributed by atoms with Crippen molar-refractivity contribution in [3.63, 3.8) is 0 Å². The summed E-state index contributed by atoms with van der Waals surface area (Å²) in [5.41, 5.74) is 2.17. The fraction of sp³-hybridized carbons (Fsp3) is 0.0870. The first kappa shape index (κ1) is 19.1. The zero-order valence-electron chi connectivity index (χ0n) is 15.6. The summed E-state index contributed by atoms with van der Waals surface area (Å²) in [7, 11) is 0. The molecule has 4 aromatic rings. The molecule has 2 heterocycles. The molecule has 0 N–H and O–H groups in total. The van der Waals surface area contributed by atoms with Crippen LogP contribution >= 0.6 is 15.9 Å². The molecule has 0 fully saturated rings. The summed E-state index contributed by atoms with van der Waals surface area (Å²) >= 11 is 3.35. The molecule has 0 bridgehead atoms. The fourth-order valence-corrected chi connectivity index (χ4v) is 3.37. The molecule has 0 saturated carbocycles. The fourth-order valence-electron chi connectivity index (χ4n) is 3.01. The van der Waals surface area contributed by atoms with Crippen LogP contribution in [0.25, 0.3) is 11.0 Å². The third-order valence-electron chi connectivity index (χ3n) is 4.53. The van der Waals surface area contributed by atoms with Gasteiger partial charge in [-0.3, -0.25) is 14.5 Å². The molecule has 29 heavy (non-hydrogen) atoms. The smallest absolute Gasteiger partial charge is 0.295 e. The van der Waals surface area contributed by atoms with E-state index in [9.17, 15) is 9.59 Å². The molecule has 4 rings (SSSR count). The van der Waals surface area contributed by atoms with E-state index >= 15 is 0 Å². The van der Waals surface area contributed by atoms with Gasteiger partial charge in [0.25, 0.3) is 5.91 Å². The van der Waals surface area contributed by atoms with Gasteiger partial charge in [-0.1, -0.05) is 51.8 Å². The Kier molecular flexibility index (Phi) is 5.27. The first-order chi connectivity index (χ1) is 14.0. The van der Waals surface area contributed by atoms with Gasteiger partial charge in [-0.25, -0.2) is 4.98 Å². The Bertz CT molecular complexity index is 1230. The van der Waals surface area contributed by atoms with Gasteiger partial charge in [0, 0.05) is 16.7 Å². The Labute approximate surface area is 175 Å². The number of hydrogen-bond donors (Lipinski definition) is 0. The van der Waals surface area contributed by atoms with E-state index in [2.05, 4.69) is 20.9 Å². The first-order valence-electron chi connectivity index (χ1n) is 9.03. The second-order valence-corrected chi connectivity index (χ2v) is 7.60.